The second-order valence-corrected chi connectivity index (χ2v) is 5.92. The Kier molecular flexibility index (Phi) is 3.79. The summed E-state index contributed by atoms with van der Waals surface area (Å²) < 4.78 is 32.0. The standard InChI is InChI=1S/C10H16N4O3S/c1-17-9-4-2-3-8(9)14-18(15,16)7-5-12-10(11)13-6-7/h5-6,8-9,14H,2-4H2,1H3,(H2,11,12,13). The highest BCUT2D eigenvalue weighted by molar-refractivity contribution is 7.89. The number of hydrogen-bond donors (Lipinski definition) is 2. The molecule has 3 N–H and O–H groups in total. The summed E-state index contributed by atoms with van der Waals surface area (Å²) >= 11 is 0. The smallest absolute Gasteiger partial charge is 0.243 e. The number of aromatic nitrogens is 2. The molecule has 1 fully saturated rings. The number of nitrogens with one attached hydrogen (secondary N) is 1. The summed E-state index contributed by atoms with van der Waals surface area (Å²) in [5.74, 6) is 0.0459. The first kappa shape index (κ1) is 13.2. The van der Waals surface area contributed by atoms with Crippen molar-refractivity contribution in [2.45, 2.75) is 36.3 Å². The summed E-state index contributed by atoms with van der Waals surface area (Å²) in [4.78, 5) is 7.36. The number of hydrogen-bond acceptors (Lipinski definition) is 6. The third kappa shape index (κ3) is 2.77. The van der Waals surface area contributed by atoms with Crippen LogP contribution < -0.4 is 10.5 Å². The highest BCUT2D eigenvalue weighted by atomic mass is 32.2. The van der Waals surface area contributed by atoms with E-state index in [0.29, 0.717) is 0 Å². The zero-order valence-corrected chi connectivity index (χ0v) is 10.9. The van der Waals surface area contributed by atoms with Crippen molar-refractivity contribution in [2.75, 3.05) is 12.8 Å². The minimum Gasteiger partial charge on any atom is -0.380 e. The molecule has 8 heteroatoms. The van der Waals surface area contributed by atoms with E-state index in [1.54, 1.807) is 7.11 Å². The molecule has 2 unspecified atom stereocenters. The molecule has 18 heavy (non-hydrogen) atoms. The Balaban J connectivity index is 2.14. The van der Waals surface area contributed by atoms with Crippen LogP contribution in [0.4, 0.5) is 5.95 Å². The van der Waals surface area contributed by atoms with Crippen molar-refractivity contribution in [1.29, 1.82) is 0 Å². The van der Waals surface area contributed by atoms with Crippen LogP contribution >= 0.6 is 0 Å². The number of sulfonamides is 1. The maximum atomic E-state index is 12.1. The SMILES string of the molecule is COC1CCCC1NS(=O)(=O)c1cnc(N)nc1. The molecule has 2 atom stereocenters. The molecule has 0 bridgehead atoms. The predicted molar refractivity (Wildman–Crippen MR) is 65.2 cm³/mol. The second kappa shape index (κ2) is 5.17. The second-order valence-electron chi connectivity index (χ2n) is 4.21. The average Bonchev–Trinajstić information content (AvgIpc) is 2.76. The van der Waals surface area contributed by atoms with E-state index in [1.165, 1.54) is 12.4 Å². The molecule has 1 aromatic heterocycles. The van der Waals surface area contributed by atoms with Crippen LogP contribution in [0.1, 0.15) is 19.3 Å². The van der Waals surface area contributed by atoms with Crippen molar-refractivity contribution in [3.63, 3.8) is 0 Å². The van der Waals surface area contributed by atoms with Crippen molar-refractivity contribution < 1.29 is 13.2 Å². The van der Waals surface area contributed by atoms with Crippen LogP contribution in [-0.4, -0.2) is 37.6 Å². The summed E-state index contributed by atoms with van der Waals surface area (Å²) in [6.45, 7) is 0. The van der Waals surface area contributed by atoms with Gasteiger partial charge in [-0.15, -0.1) is 0 Å². The van der Waals surface area contributed by atoms with Crippen molar-refractivity contribution in [3.8, 4) is 0 Å². The maximum Gasteiger partial charge on any atom is 0.243 e. The summed E-state index contributed by atoms with van der Waals surface area (Å²) in [7, 11) is -2.03. The molecular weight excluding hydrogens is 256 g/mol. The fourth-order valence-corrected chi connectivity index (χ4v) is 3.26. The number of rotatable bonds is 4. The van der Waals surface area contributed by atoms with E-state index < -0.39 is 10.0 Å². The topological polar surface area (TPSA) is 107 Å². The van der Waals surface area contributed by atoms with Crippen LogP contribution in [0, 0.1) is 0 Å². The fraction of sp³-hybridized carbons (Fsp3) is 0.600. The van der Waals surface area contributed by atoms with E-state index in [2.05, 4.69) is 14.7 Å². The molecule has 1 aliphatic rings. The molecule has 0 amide bonds. The van der Waals surface area contributed by atoms with Crippen LogP contribution in [0.2, 0.25) is 0 Å². The molecule has 1 heterocycles. The van der Waals surface area contributed by atoms with Crippen LogP contribution in [0.15, 0.2) is 17.3 Å². The first-order chi connectivity index (χ1) is 8.53. The molecule has 0 spiro atoms. The lowest BCUT2D eigenvalue weighted by molar-refractivity contribution is 0.0916. The van der Waals surface area contributed by atoms with Crippen molar-refractivity contribution in [1.82, 2.24) is 14.7 Å². The number of nitrogen functional groups attached to an aromatic ring is 1. The maximum absolute atomic E-state index is 12.1. The number of methoxy groups -OCH3 is 1. The monoisotopic (exact) mass is 272 g/mol. The Morgan fingerprint density at radius 2 is 2.06 bits per heavy atom. The van der Waals surface area contributed by atoms with Gasteiger partial charge in [-0.05, 0) is 19.3 Å². The Morgan fingerprint density at radius 3 is 2.67 bits per heavy atom. The summed E-state index contributed by atoms with van der Waals surface area (Å²) in [5, 5.41) is 0. The molecule has 0 aromatic carbocycles. The Morgan fingerprint density at radius 1 is 1.39 bits per heavy atom. The molecule has 2 rings (SSSR count). The third-order valence-corrected chi connectivity index (χ3v) is 4.46. The summed E-state index contributed by atoms with van der Waals surface area (Å²) in [6.07, 6.45) is 4.90. The number of ether oxygens (including phenoxy) is 1. The van der Waals surface area contributed by atoms with Gasteiger partial charge in [0.15, 0.2) is 0 Å². The van der Waals surface area contributed by atoms with Crippen molar-refractivity contribution >= 4 is 16.0 Å². The van der Waals surface area contributed by atoms with Gasteiger partial charge in [0, 0.05) is 13.2 Å². The average molecular weight is 272 g/mol. The molecule has 1 saturated carbocycles. The lowest BCUT2D eigenvalue weighted by Crippen LogP contribution is -2.40. The normalized spacial score (nSPS) is 24.3. The molecule has 7 nitrogen and oxygen atoms in total. The Bertz CT molecular complexity index is 502. The van der Waals surface area contributed by atoms with E-state index in [1.807, 2.05) is 0 Å². The first-order valence-electron chi connectivity index (χ1n) is 5.65. The van der Waals surface area contributed by atoms with Gasteiger partial charge in [0.05, 0.1) is 18.5 Å². The van der Waals surface area contributed by atoms with Crippen LogP contribution in [0.5, 0.6) is 0 Å². The molecular formula is C10H16N4O3S. The highest BCUT2D eigenvalue weighted by Crippen LogP contribution is 2.23. The number of nitrogens with two attached hydrogens (primary N) is 1. The molecule has 1 aromatic rings. The van der Waals surface area contributed by atoms with Gasteiger partial charge in [-0.1, -0.05) is 0 Å². The molecule has 100 valence electrons. The number of anilines is 1. The van der Waals surface area contributed by atoms with Gasteiger partial charge in [0.2, 0.25) is 16.0 Å². The lowest BCUT2D eigenvalue weighted by atomic mass is 10.2. The largest absolute Gasteiger partial charge is 0.380 e. The van der Waals surface area contributed by atoms with Gasteiger partial charge in [-0.2, -0.15) is 0 Å². The lowest BCUT2D eigenvalue weighted by Gasteiger charge is -2.19. The third-order valence-electron chi connectivity index (χ3n) is 3.02. The summed E-state index contributed by atoms with van der Waals surface area (Å²) in [6, 6.07) is -0.197. The minimum absolute atomic E-state index is 0.0125. The van der Waals surface area contributed by atoms with Gasteiger partial charge in [0.25, 0.3) is 0 Å². The van der Waals surface area contributed by atoms with E-state index >= 15 is 0 Å². The summed E-state index contributed by atoms with van der Waals surface area (Å²) in [5.41, 5.74) is 5.32. The minimum atomic E-state index is -3.61. The zero-order valence-electron chi connectivity index (χ0n) is 10.0. The van der Waals surface area contributed by atoms with Gasteiger partial charge < -0.3 is 10.5 Å². The van der Waals surface area contributed by atoms with Gasteiger partial charge in [-0.25, -0.2) is 23.1 Å². The van der Waals surface area contributed by atoms with E-state index in [0.717, 1.165) is 19.3 Å². The fourth-order valence-electron chi connectivity index (χ4n) is 2.08. The van der Waals surface area contributed by atoms with Crippen LogP contribution in [-0.2, 0) is 14.8 Å². The van der Waals surface area contributed by atoms with E-state index in [4.69, 9.17) is 10.5 Å². The van der Waals surface area contributed by atoms with Crippen molar-refractivity contribution in [3.05, 3.63) is 12.4 Å². The van der Waals surface area contributed by atoms with E-state index in [9.17, 15) is 8.42 Å². The zero-order chi connectivity index (χ0) is 13.2. The quantitative estimate of drug-likeness (QED) is 0.793. The molecule has 0 radical (unpaired) electrons. The molecule has 0 saturated heterocycles. The van der Waals surface area contributed by atoms with Crippen LogP contribution in [0.25, 0.3) is 0 Å². The van der Waals surface area contributed by atoms with Crippen molar-refractivity contribution in [2.24, 2.45) is 0 Å². The van der Waals surface area contributed by atoms with Gasteiger partial charge in [0.1, 0.15) is 4.90 Å². The van der Waals surface area contributed by atoms with Crippen LogP contribution in [0.3, 0.4) is 0 Å². The molecule has 0 aliphatic heterocycles. The first-order valence-corrected chi connectivity index (χ1v) is 7.14. The highest BCUT2D eigenvalue weighted by Gasteiger charge is 2.31. The Hall–Kier alpha value is -1.25. The molecule has 1 aliphatic carbocycles. The van der Waals surface area contributed by atoms with Gasteiger partial charge >= 0.3 is 0 Å². The van der Waals surface area contributed by atoms with E-state index in [-0.39, 0.29) is 23.0 Å². The van der Waals surface area contributed by atoms with Gasteiger partial charge in [-0.3, -0.25) is 0 Å². The Labute approximate surface area is 106 Å². The number of nitrogens with zero attached hydrogens (tertiary/aromatic N) is 2. The predicted octanol–water partition coefficient (Wildman–Crippen LogP) is -0.0954.